The molecular weight excluding hydrogens is 238 g/mol. The summed E-state index contributed by atoms with van der Waals surface area (Å²) in [4.78, 5) is 17.8. The summed E-state index contributed by atoms with van der Waals surface area (Å²) in [5.74, 6) is 0.144. The van der Waals surface area contributed by atoms with E-state index in [0.29, 0.717) is 6.42 Å². The summed E-state index contributed by atoms with van der Waals surface area (Å²) in [6.07, 6.45) is 6.16. The first-order valence-electron chi connectivity index (χ1n) is 6.98. The lowest BCUT2D eigenvalue weighted by Gasteiger charge is -2.17. The first-order chi connectivity index (χ1) is 9.11. The van der Waals surface area contributed by atoms with Gasteiger partial charge in [0.05, 0.1) is 0 Å². The number of amides is 1. The number of carbonyl (C=O) groups is 1. The van der Waals surface area contributed by atoms with Crippen molar-refractivity contribution in [3.05, 3.63) is 30.1 Å². The van der Waals surface area contributed by atoms with Gasteiger partial charge < -0.3 is 10.2 Å². The Morgan fingerprint density at radius 2 is 2.05 bits per heavy atom. The van der Waals surface area contributed by atoms with Crippen LogP contribution in [-0.2, 0) is 11.2 Å². The maximum Gasteiger partial charge on any atom is 0.221 e. The van der Waals surface area contributed by atoms with E-state index in [9.17, 15) is 4.79 Å². The predicted molar refractivity (Wildman–Crippen MR) is 78.0 cm³/mol. The van der Waals surface area contributed by atoms with Gasteiger partial charge in [-0.25, -0.2) is 0 Å². The number of rotatable bonds is 8. The highest BCUT2D eigenvalue weighted by Crippen LogP contribution is 1.99. The predicted octanol–water partition coefficient (Wildman–Crippen LogP) is 1.86. The molecule has 1 heterocycles. The second-order valence-corrected chi connectivity index (χ2v) is 5.04. The molecular formula is C15H25N3O. The van der Waals surface area contributed by atoms with Gasteiger partial charge in [0.1, 0.15) is 0 Å². The lowest BCUT2D eigenvalue weighted by atomic mass is 10.2. The largest absolute Gasteiger partial charge is 0.354 e. The molecule has 0 aliphatic carbocycles. The molecule has 1 atom stereocenters. The van der Waals surface area contributed by atoms with E-state index in [2.05, 4.69) is 29.2 Å². The van der Waals surface area contributed by atoms with Crippen LogP contribution < -0.4 is 5.32 Å². The van der Waals surface area contributed by atoms with Gasteiger partial charge in [-0.3, -0.25) is 9.78 Å². The fourth-order valence-electron chi connectivity index (χ4n) is 1.72. The van der Waals surface area contributed by atoms with Gasteiger partial charge >= 0.3 is 0 Å². The first kappa shape index (κ1) is 15.6. The Morgan fingerprint density at radius 1 is 1.37 bits per heavy atom. The van der Waals surface area contributed by atoms with Gasteiger partial charge in [-0.05, 0) is 44.5 Å². The summed E-state index contributed by atoms with van der Waals surface area (Å²) in [6.45, 7) is 5.87. The van der Waals surface area contributed by atoms with Crippen LogP contribution >= 0.6 is 0 Å². The lowest BCUT2D eigenvalue weighted by molar-refractivity contribution is -0.122. The Bertz CT molecular complexity index is 367. The van der Waals surface area contributed by atoms with Crippen LogP contribution in [0.3, 0.4) is 0 Å². The molecule has 0 aromatic carbocycles. The molecule has 0 fully saturated rings. The van der Waals surface area contributed by atoms with Crippen LogP contribution in [0.15, 0.2) is 24.5 Å². The van der Waals surface area contributed by atoms with E-state index < -0.39 is 0 Å². The molecule has 0 saturated carbocycles. The minimum atomic E-state index is 0.144. The highest BCUT2D eigenvalue weighted by atomic mass is 16.1. The van der Waals surface area contributed by atoms with Gasteiger partial charge in [-0.2, -0.15) is 0 Å². The molecule has 1 unspecified atom stereocenters. The zero-order chi connectivity index (χ0) is 14.1. The number of nitrogens with zero attached hydrogens (tertiary/aromatic N) is 2. The molecule has 1 aromatic rings. The average molecular weight is 263 g/mol. The van der Waals surface area contributed by atoms with Crippen LogP contribution in [0.5, 0.6) is 0 Å². The van der Waals surface area contributed by atoms with E-state index in [1.54, 1.807) is 0 Å². The Kier molecular flexibility index (Phi) is 7.11. The summed E-state index contributed by atoms with van der Waals surface area (Å²) in [5, 5.41) is 2.98. The number of likely N-dealkylation sites (N-methyl/N-ethyl adjacent to an activating group) is 1. The number of hydrogen-bond donors (Lipinski definition) is 1. The zero-order valence-electron chi connectivity index (χ0n) is 12.2. The van der Waals surface area contributed by atoms with E-state index in [4.69, 9.17) is 0 Å². The third kappa shape index (κ3) is 6.91. The summed E-state index contributed by atoms with van der Waals surface area (Å²) in [7, 11) is 2.05. The molecule has 1 aromatic heterocycles. The van der Waals surface area contributed by atoms with Crippen LogP contribution in [-0.4, -0.2) is 42.0 Å². The monoisotopic (exact) mass is 263 g/mol. The lowest BCUT2D eigenvalue weighted by Crippen LogP contribution is -2.34. The molecule has 1 rings (SSSR count). The van der Waals surface area contributed by atoms with Crippen molar-refractivity contribution in [2.75, 3.05) is 20.1 Å². The Balaban J connectivity index is 2.17. The van der Waals surface area contributed by atoms with Crippen molar-refractivity contribution in [1.82, 2.24) is 15.2 Å². The summed E-state index contributed by atoms with van der Waals surface area (Å²) >= 11 is 0. The maximum atomic E-state index is 11.6. The van der Waals surface area contributed by atoms with Gasteiger partial charge in [-0.1, -0.05) is 6.92 Å². The second-order valence-electron chi connectivity index (χ2n) is 5.04. The molecule has 19 heavy (non-hydrogen) atoms. The number of nitrogens with one attached hydrogen (secondary N) is 1. The first-order valence-corrected chi connectivity index (χ1v) is 6.98. The highest BCUT2D eigenvalue weighted by Gasteiger charge is 2.07. The fourth-order valence-corrected chi connectivity index (χ4v) is 1.72. The maximum absolute atomic E-state index is 11.6. The van der Waals surface area contributed by atoms with E-state index in [1.807, 2.05) is 31.5 Å². The van der Waals surface area contributed by atoms with Crippen LogP contribution in [0, 0.1) is 0 Å². The van der Waals surface area contributed by atoms with E-state index in [0.717, 1.165) is 25.9 Å². The van der Waals surface area contributed by atoms with Crippen molar-refractivity contribution < 1.29 is 4.79 Å². The molecule has 0 spiro atoms. The topological polar surface area (TPSA) is 45.2 Å². The summed E-state index contributed by atoms with van der Waals surface area (Å²) in [6, 6.07) is 4.34. The number of hydrogen-bond acceptors (Lipinski definition) is 3. The van der Waals surface area contributed by atoms with Crippen molar-refractivity contribution in [2.45, 2.75) is 39.2 Å². The fraction of sp³-hybridized carbons (Fsp3) is 0.600. The molecule has 0 aliphatic heterocycles. The number of carbonyl (C=O) groups excluding carboxylic acids is 1. The van der Waals surface area contributed by atoms with Crippen molar-refractivity contribution in [3.63, 3.8) is 0 Å². The second kappa shape index (κ2) is 8.64. The minimum absolute atomic E-state index is 0.144. The molecule has 0 aliphatic rings. The molecule has 4 heteroatoms. The standard InChI is InChI=1S/C15H25N3O/c1-4-13(2)17-15(19)8-12-18(3)11-7-14-5-9-16-10-6-14/h5-6,9-10,13H,4,7-8,11-12H2,1-3H3,(H,17,19). The Hall–Kier alpha value is -1.42. The molecule has 4 nitrogen and oxygen atoms in total. The molecule has 106 valence electrons. The van der Waals surface area contributed by atoms with Gasteiger partial charge in [0.15, 0.2) is 0 Å². The van der Waals surface area contributed by atoms with E-state index in [1.165, 1.54) is 5.56 Å². The third-order valence-electron chi connectivity index (χ3n) is 3.27. The molecule has 1 N–H and O–H groups in total. The normalized spacial score (nSPS) is 12.4. The summed E-state index contributed by atoms with van der Waals surface area (Å²) < 4.78 is 0. The Morgan fingerprint density at radius 3 is 2.68 bits per heavy atom. The quantitative estimate of drug-likeness (QED) is 0.778. The summed E-state index contributed by atoms with van der Waals surface area (Å²) in [5.41, 5.74) is 1.28. The van der Waals surface area contributed by atoms with E-state index >= 15 is 0 Å². The van der Waals surface area contributed by atoms with Crippen LogP contribution in [0.25, 0.3) is 0 Å². The van der Waals surface area contributed by atoms with Crippen molar-refractivity contribution in [1.29, 1.82) is 0 Å². The third-order valence-corrected chi connectivity index (χ3v) is 3.27. The average Bonchev–Trinajstić information content (AvgIpc) is 2.43. The Labute approximate surface area is 116 Å². The van der Waals surface area contributed by atoms with Crippen LogP contribution in [0.2, 0.25) is 0 Å². The van der Waals surface area contributed by atoms with Gasteiger partial charge in [0.25, 0.3) is 0 Å². The van der Waals surface area contributed by atoms with Crippen LogP contribution in [0.4, 0.5) is 0 Å². The molecule has 0 radical (unpaired) electrons. The highest BCUT2D eigenvalue weighted by molar-refractivity contribution is 5.76. The van der Waals surface area contributed by atoms with Gasteiger partial charge in [-0.15, -0.1) is 0 Å². The number of pyridine rings is 1. The zero-order valence-corrected chi connectivity index (χ0v) is 12.2. The van der Waals surface area contributed by atoms with Crippen LogP contribution in [0.1, 0.15) is 32.3 Å². The van der Waals surface area contributed by atoms with Crippen molar-refractivity contribution >= 4 is 5.91 Å². The van der Waals surface area contributed by atoms with Gasteiger partial charge in [0.2, 0.25) is 5.91 Å². The molecule has 1 amide bonds. The number of aromatic nitrogens is 1. The minimum Gasteiger partial charge on any atom is -0.354 e. The van der Waals surface area contributed by atoms with Crippen molar-refractivity contribution in [3.8, 4) is 0 Å². The van der Waals surface area contributed by atoms with E-state index in [-0.39, 0.29) is 11.9 Å². The molecule has 0 bridgehead atoms. The van der Waals surface area contributed by atoms with Crippen molar-refractivity contribution in [2.24, 2.45) is 0 Å². The SMILES string of the molecule is CCC(C)NC(=O)CCN(C)CCc1ccncc1. The smallest absolute Gasteiger partial charge is 0.221 e. The van der Waals surface area contributed by atoms with Gasteiger partial charge in [0, 0.05) is 37.9 Å². The molecule has 0 saturated heterocycles.